The average molecular weight is 512 g/mol. The summed E-state index contributed by atoms with van der Waals surface area (Å²) in [7, 11) is -1.89. The van der Waals surface area contributed by atoms with Crippen LogP contribution in [-0.2, 0) is 12.6 Å². The maximum absolute atomic E-state index is 2.32. The van der Waals surface area contributed by atoms with Crippen LogP contribution < -0.4 is 15.9 Å². The summed E-state index contributed by atoms with van der Waals surface area (Å²) in [6.45, 7) is 4.53. The van der Waals surface area contributed by atoms with Gasteiger partial charge in [0.2, 0.25) is 0 Å². The maximum Gasteiger partial charge on any atom is 0.116 e. The molecule has 0 amide bonds. The second kappa shape index (κ2) is 12.2. The molecule has 0 spiro atoms. The van der Waals surface area contributed by atoms with E-state index in [4.69, 9.17) is 0 Å². The van der Waals surface area contributed by atoms with Gasteiger partial charge in [-0.15, -0.1) is 0 Å². The highest BCUT2D eigenvalue weighted by atomic mass is 31.2. The van der Waals surface area contributed by atoms with Crippen molar-refractivity contribution in [2.75, 3.05) is 0 Å². The van der Waals surface area contributed by atoms with Crippen LogP contribution in [0.5, 0.6) is 0 Å². The van der Waals surface area contributed by atoms with Crippen LogP contribution in [0.25, 0.3) is 12.2 Å². The fraction of sp³-hybridized carbons (Fsp3) is 0.135. The normalized spacial score (nSPS) is 11.8. The Morgan fingerprint density at radius 3 is 1.21 bits per heavy atom. The van der Waals surface area contributed by atoms with Crippen LogP contribution >= 0.6 is 7.26 Å². The lowest BCUT2D eigenvalue weighted by atomic mass is 10.0. The van der Waals surface area contributed by atoms with Gasteiger partial charge in [0, 0.05) is 0 Å². The Labute approximate surface area is 229 Å². The van der Waals surface area contributed by atoms with Gasteiger partial charge in [0.05, 0.1) is 6.16 Å². The van der Waals surface area contributed by atoms with Crippen LogP contribution in [0.1, 0.15) is 36.1 Å². The van der Waals surface area contributed by atoms with Crippen molar-refractivity contribution in [3.8, 4) is 0 Å². The van der Waals surface area contributed by atoms with Crippen LogP contribution in [-0.4, -0.2) is 0 Å². The van der Waals surface area contributed by atoms with Crippen molar-refractivity contribution in [3.63, 3.8) is 0 Å². The molecule has 0 heterocycles. The van der Waals surface area contributed by atoms with Gasteiger partial charge in [0.15, 0.2) is 0 Å². The topological polar surface area (TPSA) is 0 Å². The van der Waals surface area contributed by atoms with Gasteiger partial charge in [-0.2, -0.15) is 0 Å². The van der Waals surface area contributed by atoms with Crippen molar-refractivity contribution in [1.82, 2.24) is 0 Å². The third-order valence-electron chi connectivity index (χ3n) is 7.08. The van der Waals surface area contributed by atoms with Crippen molar-refractivity contribution >= 4 is 35.3 Å². The summed E-state index contributed by atoms with van der Waals surface area (Å²) in [6, 6.07) is 51.4. The zero-order chi connectivity index (χ0) is 26.2. The van der Waals surface area contributed by atoms with Crippen LogP contribution in [0.2, 0.25) is 0 Å². The predicted octanol–water partition coefficient (Wildman–Crippen LogP) is 8.55. The second-order valence-corrected chi connectivity index (χ2v) is 13.9. The van der Waals surface area contributed by atoms with Crippen LogP contribution in [0.4, 0.5) is 0 Å². The number of benzene rings is 5. The number of hydrogen-bond donors (Lipinski definition) is 0. The van der Waals surface area contributed by atoms with Gasteiger partial charge in [-0.25, -0.2) is 0 Å². The van der Waals surface area contributed by atoms with E-state index in [9.17, 15) is 0 Å². The third kappa shape index (κ3) is 6.04. The maximum atomic E-state index is 2.32. The van der Waals surface area contributed by atoms with E-state index in [1.54, 1.807) is 0 Å². The molecule has 0 aliphatic carbocycles. The molecule has 5 aromatic rings. The molecule has 0 atom stereocenters. The summed E-state index contributed by atoms with van der Waals surface area (Å²) in [5.74, 6) is 0.682. The molecular formula is C37H36P+. The standard InChI is InChI=1S/C37H36P/c1-30(2)28-33-24-20-31(21-25-33)18-19-32-22-26-34(27-23-32)29-38(35-12-6-3-7-13-35,36-14-8-4-9-15-36)37-16-10-5-11-17-37/h3-27,30H,28-29H2,1-2H3/q+1. The van der Waals surface area contributed by atoms with Gasteiger partial charge >= 0.3 is 0 Å². The summed E-state index contributed by atoms with van der Waals surface area (Å²) in [4.78, 5) is 0. The second-order valence-electron chi connectivity index (χ2n) is 10.4. The molecule has 5 aromatic carbocycles. The molecule has 0 aliphatic heterocycles. The summed E-state index contributed by atoms with van der Waals surface area (Å²) in [5.41, 5.74) is 5.24. The molecule has 0 unspecified atom stereocenters. The number of rotatable bonds is 9. The largest absolute Gasteiger partial charge is 0.116 e. The zero-order valence-electron chi connectivity index (χ0n) is 22.4. The van der Waals surface area contributed by atoms with Gasteiger partial charge < -0.3 is 0 Å². The Morgan fingerprint density at radius 2 is 0.842 bits per heavy atom. The van der Waals surface area contributed by atoms with E-state index in [1.807, 2.05) is 0 Å². The first-order valence-electron chi connectivity index (χ1n) is 13.5. The summed E-state index contributed by atoms with van der Waals surface area (Å²) < 4.78 is 0. The van der Waals surface area contributed by atoms with E-state index in [1.165, 1.54) is 38.2 Å². The summed E-state index contributed by atoms with van der Waals surface area (Å²) in [6.07, 6.45) is 6.55. The van der Waals surface area contributed by atoms with Gasteiger partial charge in [-0.05, 0) is 71.0 Å². The molecule has 0 aliphatic rings. The van der Waals surface area contributed by atoms with Crippen molar-refractivity contribution < 1.29 is 0 Å². The van der Waals surface area contributed by atoms with Gasteiger partial charge in [-0.1, -0.05) is 129 Å². The molecule has 0 N–H and O–H groups in total. The number of hydrogen-bond acceptors (Lipinski definition) is 0. The zero-order valence-corrected chi connectivity index (χ0v) is 23.3. The van der Waals surface area contributed by atoms with E-state index in [0.29, 0.717) is 5.92 Å². The lowest BCUT2D eigenvalue weighted by Crippen LogP contribution is -2.32. The van der Waals surface area contributed by atoms with E-state index < -0.39 is 7.26 Å². The molecule has 188 valence electrons. The lowest BCUT2D eigenvalue weighted by molar-refractivity contribution is 0.647. The highest BCUT2D eigenvalue weighted by Gasteiger charge is 2.45. The molecule has 0 radical (unpaired) electrons. The first-order valence-corrected chi connectivity index (χ1v) is 15.5. The van der Waals surface area contributed by atoms with Crippen molar-refractivity contribution in [2.45, 2.75) is 26.4 Å². The monoisotopic (exact) mass is 511 g/mol. The van der Waals surface area contributed by atoms with E-state index in [2.05, 4.69) is 166 Å². The minimum absolute atomic E-state index is 0.682. The van der Waals surface area contributed by atoms with Gasteiger partial charge in [0.1, 0.15) is 23.2 Å². The minimum atomic E-state index is -1.89. The first kappa shape index (κ1) is 25.9. The molecular weight excluding hydrogens is 475 g/mol. The summed E-state index contributed by atoms with van der Waals surface area (Å²) >= 11 is 0. The Bertz CT molecular complexity index is 1340. The van der Waals surface area contributed by atoms with Crippen molar-refractivity contribution in [1.29, 1.82) is 0 Å². The molecule has 0 aromatic heterocycles. The van der Waals surface area contributed by atoms with E-state index in [0.717, 1.165) is 12.6 Å². The minimum Gasteiger partial charge on any atom is -0.0625 e. The Kier molecular flexibility index (Phi) is 8.32. The highest BCUT2D eigenvalue weighted by molar-refractivity contribution is 7.95. The van der Waals surface area contributed by atoms with Crippen LogP contribution in [0.3, 0.4) is 0 Å². The van der Waals surface area contributed by atoms with Crippen molar-refractivity contribution in [3.05, 3.63) is 162 Å². The molecule has 38 heavy (non-hydrogen) atoms. The summed E-state index contributed by atoms with van der Waals surface area (Å²) in [5, 5.41) is 4.26. The molecule has 0 bridgehead atoms. The van der Waals surface area contributed by atoms with Gasteiger partial charge in [-0.3, -0.25) is 0 Å². The van der Waals surface area contributed by atoms with Crippen LogP contribution in [0, 0.1) is 5.92 Å². The molecule has 5 rings (SSSR count). The average Bonchev–Trinajstić information content (AvgIpc) is 2.97. The predicted molar refractivity (Wildman–Crippen MR) is 169 cm³/mol. The van der Waals surface area contributed by atoms with Crippen molar-refractivity contribution in [2.24, 2.45) is 5.92 Å². The fourth-order valence-corrected chi connectivity index (χ4v) is 9.45. The molecule has 1 heteroatoms. The van der Waals surface area contributed by atoms with Crippen LogP contribution in [0.15, 0.2) is 140 Å². The van der Waals surface area contributed by atoms with Gasteiger partial charge in [0.25, 0.3) is 0 Å². The molecule has 0 nitrogen and oxygen atoms in total. The van der Waals surface area contributed by atoms with E-state index in [-0.39, 0.29) is 0 Å². The third-order valence-corrected chi connectivity index (χ3v) is 11.5. The Balaban J connectivity index is 1.45. The van der Waals surface area contributed by atoms with E-state index >= 15 is 0 Å². The lowest BCUT2D eigenvalue weighted by Gasteiger charge is -2.28. The Hall–Kier alpha value is -3.73. The fourth-order valence-electron chi connectivity index (χ4n) is 5.21. The molecule has 0 fully saturated rings. The SMILES string of the molecule is CC(C)Cc1ccc(C=Cc2ccc(C[P+](c3ccccc3)(c3ccccc3)c3ccccc3)cc2)cc1. The quantitative estimate of drug-likeness (QED) is 0.137. The Morgan fingerprint density at radius 1 is 0.474 bits per heavy atom. The highest BCUT2D eigenvalue weighted by Crippen LogP contribution is 2.58. The molecule has 0 saturated carbocycles. The molecule has 0 saturated heterocycles. The smallest absolute Gasteiger partial charge is 0.0625 e. The first-order chi connectivity index (χ1) is 18.6.